The van der Waals surface area contributed by atoms with E-state index in [2.05, 4.69) is 27.8 Å². The smallest absolute Gasteiger partial charge is 0.308 e. The fourth-order valence-corrected chi connectivity index (χ4v) is 2.25. The number of aryl methyl sites for hydroxylation is 1. The predicted molar refractivity (Wildman–Crippen MR) is 81.7 cm³/mol. The van der Waals surface area contributed by atoms with Crippen LogP contribution in [0.3, 0.4) is 0 Å². The highest BCUT2D eigenvalue weighted by molar-refractivity contribution is 6.35. The van der Waals surface area contributed by atoms with Gasteiger partial charge in [-0.2, -0.15) is 5.10 Å². The number of benzene rings is 1. The first kappa shape index (κ1) is 14.7. The van der Waals surface area contributed by atoms with Gasteiger partial charge >= 0.3 is 6.03 Å². The zero-order valence-corrected chi connectivity index (χ0v) is 12.3. The van der Waals surface area contributed by atoms with Crippen molar-refractivity contribution >= 4 is 40.7 Å². The first-order valence-corrected chi connectivity index (χ1v) is 6.91. The molecule has 3 N–H and O–H groups in total. The molecule has 20 heavy (non-hydrogen) atoms. The molecule has 1 heterocycles. The number of urea groups is 1. The van der Waals surface area contributed by atoms with Gasteiger partial charge in [0.15, 0.2) is 5.82 Å². The Labute approximate surface area is 126 Å². The van der Waals surface area contributed by atoms with E-state index in [9.17, 15) is 4.79 Å². The van der Waals surface area contributed by atoms with Crippen LogP contribution in [0.2, 0.25) is 10.0 Å². The maximum atomic E-state index is 11.8. The quantitative estimate of drug-likeness (QED) is 0.787. The van der Waals surface area contributed by atoms with E-state index in [4.69, 9.17) is 23.2 Å². The van der Waals surface area contributed by atoms with E-state index >= 15 is 0 Å². The third-order valence-electron chi connectivity index (χ3n) is 2.51. The minimum Gasteiger partial charge on any atom is -0.308 e. The minimum absolute atomic E-state index is 0.405. The summed E-state index contributed by atoms with van der Waals surface area (Å²) in [6.45, 7) is 2.07. The number of carbonyl (C=O) groups excluding carboxylic acids is 1. The number of anilines is 2. The fourth-order valence-electron chi connectivity index (χ4n) is 1.73. The summed E-state index contributed by atoms with van der Waals surface area (Å²) in [4.78, 5) is 11.8. The van der Waals surface area contributed by atoms with Gasteiger partial charge in [-0.15, -0.1) is 0 Å². The molecule has 0 fully saturated rings. The molecule has 2 amide bonds. The molecule has 7 heteroatoms. The predicted octanol–water partition coefficient (Wildman–Crippen LogP) is 4.31. The molecule has 106 valence electrons. The summed E-state index contributed by atoms with van der Waals surface area (Å²) in [6, 6.07) is 6.21. The monoisotopic (exact) mass is 312 g/mol. The number of aromatic amines is 1. The summed E-state index contributed by atoms with van der Waals surface area (Å²) in [7, 11) is 0. The van der Waals surface area contributed by atoms with E-state index in [1.165, 1.54) is 0 Å². The zero-order chi connectivity index (χ0) is 14.5. The number of aromatic nitrogens is 2. The van der Waals surface area contributed by atoms with Gasteiger partial charge in [0, 0.05) is 27.5 Å². The van der Waals surface area contributed by atoms with Gasteiger partial charge in [0.25, 0.3) is 0 Å². The lowest BCUT2D eigenvalue weighted by Gasteiger charge is -2.06. The Balaban J connectivity index is 1.97. The largest absolute Gasteiger partial charge is 0.324 e. The lowest BCUT2D eigenvalue weighted by atomic mass is 10.2. The van der Waals surface area contributed by atoms with Crippen LogP contribution in [0.1, 0.15) is 19.0 Å². The van der Waals surface area contributed by atoms with Crippen LogP contribution in [0.5, 0.6) is 0 Å². The molecule has 1 aromatic heterocycles. The number of nitrogens with one attached hydrogen (secondary N) is 3. The van der Waals surface area contributed by atoms with E-state index in [1.807, 2.05) is 0 Å². The average molecular weight is 313 g/mol. The minimum atomic E-state index is -0.405. The van der Waals surface area contributed by atoms with Crippen LogP contribution < -0.4 is 10.6 Å². The normalized spacial score (nSPS) is 10.3. The van der Waals surface area contributed by atoms with Crippen LogP contribution in [-0.2, 0) is 6.42 Å². The molecule has 0 radical (unpaired) electrons. The number of carbonyl (C=O) groups is 1. The van der Waals surface area contributed by atoms with Crippen LogP contribution in [0.25, 0.3) is 0 Å². The van der Waals surface area contributed by atoms with E-state index in [0.717, 1.165) is 18.5 Å². The molecule has 0 saturated heterocycles. The van der Waals surface area contributed by atoms with Crippen LogP contribution in [0, 0.1) is 0 Å². The highest BCUT2D eigenvalue weighted by Crippen LogP contribution is 2.22. The standard InChI is InChI=1S/C13H14Cl2N4O/c1-2-3-10-7-12(19-18-10)17-13(20)16-11-5-8(14)4-9(15)6-11/h4-7H,2-3H2,1H3,(H3,16,17,18,19,20). The van der Waals surface area contributed by atoms with E-state index < -0.39 is 6.03 Å². The summed E-state index contributed by atoms with van der Waals surface area (Å²) in [5, 5.41) is 13.0. The molecule has 0 atom stereocenters. The van der Waals surface area contributed by atoms with Crippen LogP contribution >= 0.6 is 23.2 Å². The number of hydrogen-bond acceptors (Lipinski definition) is 2. The summed E-state index contributed by atoms with van der Waals surface area (Å²) in [5.41, 5.74) is 1.50. The number of H-pyrrole nitrogens is 1. The molecule has 0 saturated carbocycles. The number of nitrogens with zero attached hydrogens (tertiary/aromatic N) is 1. The Bertz CT molecular complexity index is 592. The Morgan fingerprint density at radius 3 is 2.55 bits per heavy atom. The number of rotatable bonds is 4. The molecule has 0 bridgehead atoms. The molecular formula is C13H14Cl2N4O. The highest BCUT2D eigenvalue weighted by atomic mass is 35.5. The second-order valence-electron chi connectivity index (χ2n) is 4.27. The Morgan fingerprint density at radius 2 is 1.90 bits per heavy atom. The average Bonchev–Trinajstić information content (AvgIpc) is 2.75. The molecule has 0 unspecified atom stereocenters. The van der Waals surface area contributed by atoms with Crippen molar-refractivity contribution in [1.82, 2.24) is 10.2 Å². The highest BCUT2D eigenvalue weighted by Gasteiger charge is 2.07. The van der Waals surface area contributed by atoms with Gasteiger partial charge in [0.1, 0.15) is 0 Å². The van der Waals surface area contributed by atoms with Crippen molar-refractivity contribution in [2.24, 2.45) is 0 Å². The van der Waals surface area contributed by atoms with Crippen molar-refractivity contribution in [2.45, 2.75) is 19.8 Å². The lowest BCUT2D eigenvalue weighted by Crippen LogP contribution is -2.19. The van der Waals surface area contributed by atoms with Crippen molar-refractivity contribution in [1.29, 1.82) is 0 Å². The summed E-state index contributed by atoms with van der Waals surface area (Å²) >= 11 is 11.7. The van der Waals surface area contributed by atoms with E-state index in [0.29, 0.717) is 21.6 Å². The van der Waals surface area contributed by atoms with Crippen molar-refractivity contribution in [3.8, 4) is 0 Å². The third-order valence-corrected chi connectivity index (χ3v) is 2.95. The van der Waals surface area contributed by atoms with Gasteiger partial charge in [-0.25, -0.2) is 4.79 Å². The molecule has 1 aromatic carbocycles. The van der Waals surface area contributed by atoms with Gasteiger partial charge in [0.2, 0.25) is 0 Å². The fraction of sp³-hybridized carbons (Fsp3) is 0.231. The van der Waals surface area contributed by atoms with Crippen molar-refractivity contribution in [3.63, 3.8) is 0 Å². The molecule has 2 aromatic rings. The van der Waals surface area contributed by atoms with Crippen LogP contribution in [-0.4, -0.2) is 16.2 Å². The summed E-state index contributed by atoms with van der Waals surface area (Å²) in [5.74, 6) is 0.471. The first-order valence-electron chi connectivity index (χ1n) is 6.15. The lowest BCUT2D eigenvalue weighted by molar-refractivity contribution is 0.262. The second-order valence-corrected chi connectivity index (χ2v) is 5.14. The van der Waals surface area contributed by atoms with Crippen molar-refractivity contribution in [3.05, 3.63) is 40.0 Å². The number of amides is 2. The van der Waals surface area contributed by atoms with Crippen molar-refractivity contribution < 1.29 is 4.79 Å². The van der Waals surface area contributed by atoms with Gasteiger partial charge < -0.3 is 5.32 Å². The van der Waals surface area contributed by atoms with E-state index in [-0.39, 0.29) is 0 Å². The summed E-state index contributed by atoms with van der Waals surface area (Å²) in [6.07, 6.45) is 1.90. The Kier molecular flexibility index (Phi) is 4.87. The molecule has 5 nitrogen and oxygen atoms in total. The molecule has 0 spiro atoms. The number of hydrogen-bond donors (Lipinski definition) is 3. The Hall–Kier alpha value is -1.72. The molecule has 2 rings (SSSR count). The van der Waals surface area contributed by atoms with Crippen molar-refractivity contribution in [2.75, 3.05) is 10.6 Å². The number of halogens is 2. The third kappa shape index (κ3) is 4.15. The maximum Gasteiger partial charge on any atom is 0.324 e. The summed E-state index contributed by atoms with van der Waals surface area (Å²) < 4.78 is 0. The van der Waals surface area contributed by atoms with Gasteiger partial charge in [-0.05, 0) is 24.6 Å². The van der Waals surface area contributed by atoms with Gasteiger partial charge in [-0.1, -0.05) is 36.5 Å². The van der Waals surface area contributed by atoms with Gasteiger partial charge in [-0.3, -0.25) is 10.4 Å². The zero-order valence-electron chi connectivity index (χ0n) is 10.8. The van der Waals surface area contributed by atoms with Gasteiger partial charge in [0.05, 0.1) is 0 Å². The van der Waals surface area contributed by atoms with Crippen LogP contribution in [0.4, 0.5) is 16.3 Å². The topological polar surface area (TPSA) is 69.8 Å². The maximum absolute atomic E-state index is 11.8. The Morgan fingerprint density at radius 1 is 1.20 bits per heavy atom. The molecule has 0 aliphatic rings. The van der Waals surface area contributed by atoms with E-state index in [1.54, 1.807) is 24.3 Å². The second kappa shape index (κ2) is 6.63. The molecule has 0 aliphatic heterocycles. The first-order chi connectivity index (χ1) is 9.56. The molecule has 0 aliphatic carbocycles. The molecular weight excluding hydrogens is 299 g/mol. The SMILES string of the molecule is CCCc1cc(NC(=O)Nc2cc(Cl)cc(Cl)c2)n[nH]1. The van der Waals surface area contributed by atoms with Crippen LogP contribution in [0.15, 0.2) is 24.3 Å².